The molecule has 0 radical (unpaired) electrons. The first kappa shape index (κ1) is 28.6. The van der Waals surface area contributed by atoms with Crippen molar-refractivity contribution in [1.82, 2.24) is 10.6 Å². The maximum Gasteiger partial charge on any atom is 0.217 e. The minimum atomic E-state index is -1.82. The first-order chi connectivity index (χ1) is 17.8. The topological polar surface area (TPSA) is 70.6 Å². The molecule has 0 aromatic heterocycles. The highest BCUT2D eigenvalue weighted by Crippen LogP contribution is 2.55. The molecule has 3 aromatic rings. The lowest BCUT2D eigenvalue weighted by atomic mass is 9.95. The fourth-order valence-electron chi connectivity index (χ4n) is 4.67. The van der Waals surface area contributed by atoms with Crippen LogP contribution in [0.2, 0.25) is 0 Å². The number of carbonyl (C=O) groups is 1. The molecular formula is C30H37N3O2PS+. The summed E-state index contributed by atoms with van der Waals surface area (Å²) in [7, 11) is -1.82. The van der Waals surface area contributed by atoms with Gasteiger partial charge in [-0.25, -0.2) is 0 Å². The van der Waals surface area contributed by atoms with Crippen molar-refractivity contribution in [2.45, 2.75) is 51.6 Å². The molecule has 1 unspecified atom stereocenters. The third kappa shape index (κ3) is 7.30. The lowest BCUT2D eigenvalue weighted by Gasteiger charge is -2.29. The zero-order chi connectivity index (χ0) is 26.7. The molecule has 0 fully saturated rings. The van der Waals surface area contributed by atoms with Gasteiger partial charge in [-0.2, -0.15) is 4.91 Å². The summed E-state index contributed by atoms with van der Waals surface area (Å²) in [5, 5.41) is 13.4. The lowest BCUT2D eigenvalue weighted by Crippen LogP contribution is -2.55. The van der Waals surface area contributed by atoms with Gasteiger partial charge in [-0.3, -0.25) is 4.79 Å². The molecule has 0 aliphatic heterocycles. The van der Waals surface area contributed by atoms with Gasteiger partial charge in [-0.15, -0.1) is 0 Å². The minimum absolute atomic E-state index is 0.242. The first-order valence-corrected chi connectivity index (χ1v) is 15.1. The number of nitrogens with zero attached hydrogens (tertiary/aromatic N) is 1. The van der Waals surface area contributed by atoms with Crippen molar-refractivity contribution in [3.8, 4) is 0 Å². The van der Waals surface area contributed by atoms with E-state index in [9.17, 15) is 9.70 Å². The normalized spacial score (nSPS) is 12.4. The van der Waals surface area contributed by atoms with E-state index in [1.807, 2.05) is 0 Å². The monoisotopic (exact) mass is 534 g/mol. The molecule has 0 aliphatic carbocycles. The molecule has 5 nitrogen and oxygen atoms in total. The lowest BCUT2D eigenvalue weighted by molar-refractivity contribution is -0.119. The van der Waals surface area contributed by atoms with Gasteiger partial charge in [0.05, 0.1) is 6.16 Å². The van der Waals surface area contributed by atoms with Crippen molar-refractivity contribution >= 4 is 46.3 Å². The van der Waals surface area contributed by atoms with Crippen LogP contribution in [0.15, 0.2) is 96.2 Å². The van der Waals surface area contributed by atoms with E-state index in [4.69, 9.17) is 12.2 Å². The van der Waals surface area contributed by atoms with Crippen LogP contribution in [-0.4, -0.2) is 35.2 Å². The predicted octanol–water partition coefficient (Wildman–Crippen LogP) is 5.12. The Morgan fingerprint density at radius 1 is 0.838 bits per heavy atom. The highest BCUT2D eigenvalue weighted by Gasteiger charge is 2.44. The van der Waals surface area contributed by atoms with Gasteiger partial charge in [0.15, 0.2) is 0 Å². The minimum Gasteiger partial charge on any atom is -0.378 e. The Balaban J connectivity index is 1.71. The summed E-state index contributed by atoms with van der Waals surface area (Å²) in [6.07, 6.45) is 4.10. The summed E-state index contributed by atoms with van der Waals surface area (Å²) >= 11 is 5.52. The zero-order valence-electron chi connectivity index (χ0n) is 21.9. The average molecular weight is 535 g/mol. The molecule has 3 rings (SSSR count). The van der Waals surface area contributed by atoms with Gasteiger partial charge in [-0.05, 0) is 69.5 Å². The summed E-state index contributed by atoms with van der Waals surface area (Å²) < 4.78 is 0. The van der Waals surface area contributed by atoms with Crippen molar-refractivity contribution in [3.05, 3.63) is 95.9 Å². The highest BCUT2D eigenvalue weighted by atomic mass is 32.1. The van der Waals surface area contributed by atoms with Crippen molar-refractivity contribution in [2.75, 3.05) is 12.7 Å². The van der Waals surface area contributed by atoms with Gasteiger partial charge in [0.25, 0.3) is 0 Å². The number of unbranched alkanes of at least 4 members (excludes halogenated alkanes) is 2. The SMILES string of the molecule is CC(=O)NC(C(=S)NCCCCC[P+](c1ccccc1)(c1ccccc1)c1ccccc1)C(C)(C)N=O. The van der Waals surface area contributed by atoms with Crippen LogP contribution in [-0.2, 0) is 4.79 Å². The van der Waals surface area contributed by atoms with Crippen LogP contribution in [0.4, 0.5) is 0 Å². The number of rotatable bonds is 13. The summed E-state index contributed by atoms with van der Waals surface area (Å²) in [6.45, 7) is 5.44. The van der Waals surface area contributed by atoms with E-state index < -0.39 is 18.8 Å². The van der Waals surface area contributed by atoms with Crippen LogP contribution in [0.3, 0.4) is 0 Å². The highest BCUT2D eigenvalue weighted by molar-refractivity contribution is 7.95. The predicted molar refractivity (Wildman–Crippen MR) is 162 cm³/mol. The molecule has 194 valence electrons. The number of carbonyl (C=O) groups excluding carboxylic acids is 1. The van der Waals surface area contributed by atoms with Crippen molar-refractivity contribution in [1.29, 1.82) is 0 Å². The van der Waals surface area contributed by atoms with Crippen LogP contribution < -0.4 is 26.5 Å². The summed E-state index contributed by atoms with van der Waals surface area (Å²) in [6, 6.07) is 32.1. The van der Waals surface area contributed by atoms with Crippen molar-refractivity contribution in [3.63, 3.8) is 0 Å². The Bertz CT molecular complexity index is 1060. The zero-order valence-corrected chi connectivity index (χ0v) is 23.6. The van der Waals surface area contributed by atoms with E-state index in [0.717, 1.165) is 25.4 Å². The van der Waals surface area contributed by atoms with Gasteiger partial charge >= 0.3 is 0 Å². The van der Waals surface area contributed by atoms with E-state index >= 15 is 0 Å². The van der Waals surface area contributed by atoms with Crippen molar-refractivity contribution in [2.24, 2.45) is 5.18 Å². The molecule has 3 aromatic carbocycles. The van der Waals surface area contributed by atoms with Crippen LogP contribution in [0.1, 0.15) is 40.0 Å². The molecule has 0 aliphatic rings. The van der Waals surface area contributed by atoms with Crippen LogP contribution in [0.25, 0.3) is 0 Å². The number of nitrogens with one attached hydrogen (secondary N) is 2. The fourth-order valence-corrected chi connectivity index (χ4v) is 9.52. The van der Waals surface area contributed by atoms with Gasteiger partial charge in [0.1, 0.15) is 39.7 Å². The molecular weight excluding hydrogens is 497 g/mol. The summed E-state index contributed by atoms with van der Waals surface area (Å²) in [5.74, 6) is -0.242. The second-order valence-electron chi connectivity index (χ2n) is 9.77. The number of hydrogen-bond acceptors (Lipinski definition) is 4. The number of benzene rings is 3. The van der Waals surface area contributed by atoms with Gasteiger partial charge in [-0.1, -0.05) is 72.0 Å². The molecule has 0 saturated carbocycles. The van der Waals surface area contributed by atoms with E-state index in [2.05, 4.69) is 107 Å². The molecule has 0 saturated heterocycles. The van der Waals surface area contributed by atoms with E-state index in [0.29, 0.717) is 11.5 Å². The molecule has 0 bridgehead atoms. The quantitative estimate of drug-likeness (QED) is 0.138. The molecule has 2 N–H and O–H groups in total. The standard InChI is InChI=1S/C30H36N3O2PS/c1-24(34)32-28(30(2,3)33-35)29(37)31-22-14-7-15-23-36(25-16-8-4-9-17-25,26-18-10-5-11-19-26)27-20-12-6-13-21-27/h4-6,8-13,16-21,28H,7,14-15,22-23H2,1-3H3,(H-,31,32,34,37)/p+1. The van der Waals surface area contributed by atoms with Gasteiger partial charge < -0.3 is 10.6 Å². The fraction of sp³-hybridized carbons (Fsp3) is 0.333. The van der Waals surface area contributed by atoms with Gasteiger partial charge in [0, 0.05) is 13.5 Å². The maximum absolute atomic E-state index is 11.6. The summed E-state index contributed by atoms with van der Waals surface area (Å²) in [4.78, 5) is 23.4. The number of hydrogen-bond donors (Lipinski definition) is 2. The number of nitroso groups, excluding NO2 is 1. The maximum atomic E-state index is 11.6. The third-order valence-electron chi connectivity index (χ3n) is 6.61. The van der Waals surface area contributed by atoms with Crippen LogP contribution in [0.5, 0.6) is 0 Å². The Morgan fingerprint density at radius 2 is 1.30 bits per heavy atom. The molecule has 0 heterocycles. The summed E-state index contributed by atoms with van der Waals surface area (Å²) in [5.41, 5.74) is -1.03. The van der Waals surface area contributed by atoms with Crippen LogP contribution >= 0.6 is 19.5 Å². The third-order valence-corrected chi connectivity index (χ3v) is 11.5. The van der Waals surface area contributed by atoms with E-state index in [1.165, 1.54) is 22.8 Å². The number of thiocarbonyl (C=S) groups is 1. The Morgan fingerprint density at radius 3 is 1.70 bits per heavy atom. The molecule has 0 spiro atoms. The molecule has 7 heteroatoms. The molecule has 37 heavy (non-hydrogen) atoms. The van der Waals surface area contributed by atoms with Crippen LogP contribution in [0, 0.1) is 4.91 Å². The largest absolute Gasteiger partial charge is 0.378 e. The number of amides is 1. The second-order valence-corrected chi connectivity index (χ2v) is 13.8. The first-order valence-electron chi connectivity index (χ1n) is 12.8. The van der Waals surface area contributed by atoms with E-state index in [1.54, 1.807) is 13.8 Å². The van der Waals surface area contributed by atoms with Gasteiger partial charge in [0.2, 0.25) is 5.91 Å². The average Bonchev–Trinajstić information content (AvgIpc) is 2.92. The second kappa shape index (κ2) is 13.6. The smallest absolute Gasteiger partial charge is 0.217 e. The van der Waals surface area contributed by atoms with Crippen molar-refractivity contribution < 1.29 is 4.79 Å². The Labute approximate surface area is 226 Å². The Kier molecular flexibility index (Phi) is 10.5. The molecule has 1 amide bonds. The molecule has 1 atom stereocenters. The van der Waals surface area contributed by atoms with E-state index in [-0.39, 0.29) is 5.91 Å². The Hall–Kier alpha value is -2.95.